The molecule has 0 saturated carbocycles. The van der Waals surface area contributed by atoms with Gasteiger partial charge in [0.2, 0.25) is 11.0 Å². The lowest BCUT2D eigenvalue weighted by Crippen LogP contribution is -2.07. The minimum atomic E-state index is -2.95. The van der Waals surface area contributed by atoms with Gasteiger partial charge < -0.3 is 9.47 Å². The third-order valence-electron chi connectivity index (χ3n) is 3.73. The molecular weight excluding hydrogens is 400 g/mol. The van der Waals surface area contributed by atoms with Gasteiger partial charge in [0.15, 0.2) is 11.5 Å². The number of hydrogen-bond acceptors (Lipinski definition) is 6. The van der Waals surface area contributed by atoms with Crippen LogP contribution in [0.25, 0.3) is 6.08 Å². The summed E-state index contributed by atoms with van der Waals surface area (Å²) in [4.78, 5) is 12.1. The van der Waals surface area contributed by atoms with Crippen molar-refractivity contribution in [1.29, 1.82) is 0 Å². The second kappa shape index (κ2) is 9.74. The molecule has 0 bridgehead atoms. The van der Waals surface area contributed by atoms with Gasteiger partial charge in [-0.2, -0.15) is 8.78 Å². The number of ether oxygens (including phenoxy) is 2. The molecular formula is C20H17F2N3O3S. The van der Waals surface area contributed by atoms with E-state index >= 15 is 0 Å². The number of methoxy groups -OCH3 is 1. The summed E-state index contributed by atoms with van der Waals surface area (Å²) in [5.41, 5.74) is 1.69. The highest BCUT2D eigenvalue weighted by atomic mass is 32.1. The number of hydrogen-bond donors (Lipinski definition) is 1. The Hall–Kier alpha value is -3.33. The highest BCUT2D eigenvalue weighted by molar-refractivity contribution is 7.15. The molecule has 1 amide bonds. The number of aromatic nitrogens is 2. The first-order valence-corrected chi connectivity index (χ1v) is 9.33. The Labute approximate surface area is 169 Å². The Bertz CT molecular complexity index is 994. The van der Waals surface area contributed by atoms with Crippen LogP contribution in [0, 0.1) is 0 Å². The number of rotatable bonds is 8. The number of halogens is 2. The second-order valence-electron chi connectivity index (χ2n) is 5.77. The minimum absolute atomic E-state index is 0.0797. The molecule has 1 aromatic heterocycles. The van der Waals surface area contributed by atoms with Crippen LogP contribution in [0.4, 0.5) is 13.9 Å². The number of carbonyl (C=O) groups is 1. The molecule has 1 N–H and O–H groups in total. The predicted octanol–water partition coefficient (Wildman–Crippen LogP) is 4.39. The summed E-state index contributed by atoms with van der Waals surface area (Å²) in [5.74, 6) is -0.328. The van der Waals surface area contributed by atoms with E-state index in [0.29, 0.717) is 17.1 Å². The van der Waals surface area contributed by atoms with Gasteiger partial charge in [0.25, 0.3) is 0 Å². The molecule has 150 valence electrons. The zero-order chi connectivity index (χ0) is 20.6. The van der Waals surface area contributed by atoms with Gasteiger partial charge in [0.05, 0.1) is 7.11 Å². The molecule has 0 atom stereocenters. The molecule has 0 aliphatic heterocycles. The van der Waals surface area contributed by atoms with Gasteiger partial charge in [-0.15, -0.1) is 10.2 Å². The topological polar surface area (TPSA) is 73.3 Å². The SMILES string of the molecule is COc1cc(/C=C/C(=O)Nc2nnc(Cc3ccccc3)s2)ccc1OC(F)F. The Morgan fingerprint density at radius 1 is 1.17 bits per heavy atom. The molecule has 0 fully saturated rings. The van der Waals surface area contributed by atoms with Crippen LogP contribution in [0.2, 0.25) is 0 Å². The molecule has 1 heterocycles. The summed E-state index contributed by atoms with van der Waals surface area (Å²) in [6, 6.07) is 14.2. The summed E-state index contributed by atoms with van der Waals surface area (Å²) in [6.07, 6.45) is 3.47. The van der Waals surface area contributed by atoms with E-state index < -0.39 is 6.61 Å². The van der Waals surface area contributed by atoms with Crippen molar-refractivity contribution in [2.45, 2.75) is 13.0 Å². The maximum atomic E-state index is 12.4. The molecule has 9 heteroatoms. The number of nitrogens with zero attached hydrogens (tertiary/aromatic N) is 2. The lowest BCUT2D eigenvalue weighted by molar-refractivity contribution is -0.111. The summed E-state index contributed by atoms with van der Waals surface area (Å²) in [5, 5.41) is 11.9. The van der Waals surface area contributed by atoms with Gasteiger partial charge in [0, 0.05) is 12.5 Å². The molecule has 0 aliphatic carbocycles. The number of alkyl halides is 2. The summed E-state index contributed by atoms with van der Waals surface area (Å²) in [7, 11) is 1.34. The molecule has 3 aromatic rings. The van der Waals surface area contributed by atoms with Crippen molar-refractivity contribution in [3.8, 4) is 11.5 Å². The maximum absolute atomic E-state index is 12.4. The van der Waals surface area contributed by atoms with Crippen LogP contribution in [0.1, 0.15) is 16.1 Å². The van der Waals surface area contributed by atoms with Crippen LogP contribution in [0.5, 0.6) is 11.5 Å². The zero-order valence-electron chi connectivity index (χ0n) is 15.3. The average molecular weight is 417 g/mol. The molecule has 0 radical (unpaired) electrons. The Balaban J connectivity index is 1.60. The Morgan fingerprint density at radius 2 is 1.97 bits per heavy atom. The number of carbonyl (C=O) groups excluding carboxylic acids is 1. The fraction of sp³-hybridized carbons (Fsp3) is 0.150. The molecule has 2 aromatic carbocycles. The van der Waals surface area contributed by atoms with Crippen molar-refractivity contribution in [3.05, 3.63) is 70.7 Å². The Kier molecular flexibility index (Phi) is 6.85. The predicted molar refractivity (Wildman–Crippen MR) is 106 cm³/mol. The van der Waals surface area contributed by atoms with E-state index in [4.69, 9.17) is 4.74 Å². The van der Waals surface area contributed by atoms with Crippen molar-refractivity contribution in [2.24, 2.45) is 0 Å². The van der Waals surface area contributed by atoms with Crippen LogP contribution in [-0.2, 0) is 11.2 Å². The van der Waals surface area contributed by atoms with Crippen LogP contribution in [0.15, 0.2) is 54.6 Å². The van der Waals surface area contributed by atoms with E-state index in [1.165, 1.54) is 48.8 Å². The van der Waals surface area contributed by atoms with Crippen molar-refractivity contribution in [3.63, 3.8) is 0 Å². The molecule has 6 nitrogen and oxygen atoms in total. The summed E-state index contributed by atoms with van der Waals surface area (Å²) in [6.45, 7) is -2.95. The lowest BCUT2D eigenvalue weighted by atomic mass is 10.2. The van der Waals surface area contributed by atoms with Gasteiger partial charge in [-0.1, -0.05) is 47.7 Å². The molecule has 0 saturated heterocycles. The minimum Gasteiger partial charge on any atom is -0.493 e. The second-order valence-corrected chi connectivity index (χ2v) is 6.84. The van der Waals surface area contributed by atoms with Crippen molar-refractivity contribution in [1.82, 2.24) is 10.2 Å². The molecule has 29 heavy (non-hydrogen) atoms. The van der Waals surface area contributed by atoms with Gasteiger partial charge >= 0.3 is 6.61 Å². The van der Waals surface area contributed by atoms with Crippen molar-refractivity contribution >= 4 is 28.5 Å². The first-order valence-electron chi connectivity index (χ1n) is 8.51. The molecule has 3 rings (SSSR count). The van der Waals surface area contributed by atoms with E-state index in [9.17, 15) is 13.6 Å². The normalized spacial score (nSPS) is 11.0. The van der Waals surface area contributed by atoms with Crippen molar-refractivity contribution in [2.75, 3.05) is 12.4 Å². The first-order chi connectivity index (χ1) is 14.0. The van der Waals surface area contributed by atoms with Crippen molar-refractivity contribution < 1.29 is 23.0 Å². The van der Waals surface area contributed by atoms with Crippen LogP contribution in [-0.4, -0.2) is 29.8 Å². The number of amides is 1. The first kappa shape index (κ1) is 20.4. The van der Waals surface area contributed by atoms with Gasteiger partial charge in [-0.3, -0.25) is 10.1 Å². The van der Waals surface area contributed by atoms with E-state index in [1.807, 2.05) is 30.3 Å². The lowest BCUT2D eigenvalue weighted by Gasteiger charge is -2.10. The van der Waals surface area contributed by atoms with Crippen LogP contribution >= 0.6 is 11.3 Å². The van der Waals surface area contributed by atoms with Crippen LogP contribution in [0.3, 0.4) is 0 Å². The maximum Gasteiger partial charge on any atom is 0.387 e. The smallest absolute Gasteiger partial charge is 0.387 e. The number of anilines is 1. The standard InChI is InChI=1S/C20H17F2N3O3S/c1-27-16-11-14(7-9-15(16)28-19(21)22)8-10-17(26)23-20-25-24-18(29-20)12-13-5-3-2-4-6-13/h2-11,19H,12H2,1H3,(H,23,25,26)/b10-8+. The number of benzene rings is 2. The fourth-order valence-electron chi connectivity index (χ4n) is 2.45. The quantitative estimate of drug-likeness (QED) is 0.551. The molecule has 0 aliphatic rings. The molecule has 0 spiro atoms. The van der Waals surface area contributed by atoms with E-state index in [2.05, 4.69) is 20.3 Å². The Morgan fingerprint density at radius 3 is 2.69 bits per heavy atom. The summed E-state index contributed by atoms with van der Waals surface area (Å²) < 4.78 is 34.1. The third kappa shape index (κ3) is 6.08. The van der Waals surface area contributed by atoms with Gasteiger partial charge in [-0.05, 0) is 29.3 Å². The average Bonchev–Trinajstić information content (AvgIpc) is 3.14. The highest BCUT2D eigenvalue weighted by Crippen LogP contribution is 2.29. The largest absolute Gasteiger partial charge is 0.493 e. The van der Waals surface area contributed by atoms with Crippen LogP contribution < -0.4 is 14.8 Å². The van der Waals surface area contributed by atoms with E-state index in [1.54, 1.807) is 0 Å². The highest BCUT2D eigenvalue weighted by Gasteiger charge is 2.11. The molecule has 0 unspecified atom stereocenters. The fourth-order valence-corrected chi connectivity index (χ4v) is 3.22. The van der Waals surface area contributed by atoms with E-state index in [0.717, 1.165) is 10.6 Å². The summed E-state index contributed by atoms with van der Waals surface area (Å²) >= 11 is 1.30. The van der Waals surface area contributed by atoms with Gasteiger partial charge in [-0.25, -0.2) is 0 Å². The van der Waals surface area contributed by atoms with E-state index in [-0.39, 0.29) is 17.4 Å². The monoisotopic (exact) mass is 417 g/mol. The zero-order valence-corrected chi connectivity index (χ0v) is 16.2. The van der Waals surface area contributed by atoms with Gasteiger partial charge in [0.1, 0.15) is 5.01 Å². The third-order valence-corrected chi connectivity index (χ3v) is 4.56. The number of nitrogens with one attached hydrogen (secondary N) is 1.